The number of carboxylic acids is 1. The van der Waals surface area contributed by atoms with Gasteiger partial charge in [-0.15, -0.1) is 0 Å². The van der Waals surface area contributed by atoms with E-state index >= 15 is 0 Å². The van der Waals surface area contributed by atoms with Crippen molar-refractivity contribution < 1.29 is 19.4 Å². The minimum absolute atomic E-state index is 0.00557. The predicted octanol–water partition coefficient (Wildman–Crippen LogP) is 2.25. The van der Waals surface area contributed by atoms with Crippen molar-refractivity contribution >= 4 is 11.9 Å². The van der Waals surface area contributed by atoms with Gasteiger partial charge in [-0.25, -0.2) is 0 Å². The molecule has 2 atom stereocenters. The van der Waals surface area contributed by atoms with Crippen LogP contribution in [-0.4, -0.2) is 35.7 Å². The molecule has 0 aliphatic heterocycles. The molecule has 1 aliphatic carbocycles. The molecule has 2 aromatic carbocycles. The van der Waals surface area contributed by atoms with Gasteiger partial charge in [-0.3, -0.25) is 9.59 Å². The summed E-state index contributed by atoms with van der Waals surface area (Å²) < 4.78 is 5.49. The van der Waals surface area contributed by atoms with E-state index in [0.29, 0.717) is 12.8 Å². The second-order valence-electron chi connectivity index (χ2n) is 6.84. The van der Waals surface area contributed by atoms with Gasteiger partial charge in [-0.2, -0.15) is 0 Å². The Balaban J connectivity index is 1.58. The molecule has 0 saturated heterocycles. The van der Waals surface area contributed by atoms with Crippen molar-refractivity contribution in [2.24, 2.45) is 11.5 Å². The molecule has 27 heavy (non-hydrogen) atoms. The average Bonchev–Trinajstić information content (AvgIpc) is 2.99. The molecule has 0 amide bonds. The van der Waals surface area contributed by atoms with Crippen molar-refractivity contribution in [2.75, 3.05) is 6.61 Å². The maximum atomic E-state index is 12.2. The lowest BCUT2D eigenvalue weighted by Gasteiger charge is -2.17. The summed E-state index contributed by atoms with van der Waals surface area (Å²) in [6.45, 7) is 0.231. The average molecular weight is 368 g/mol. The number of nitrogens with two attached hydrogens (primary N) is 2. The van der Waals surface area contributed by atoms with E-state index in [1.165, 1.54) is 11.1 Å². The summed E-state index contributed by atoms with van der Waals surface area (Å²) in [7, 11) is 0. The van der Waals surface area contributed by atoms with E-state index in [4.69, 9.17) is 21.3 Å². The summed E-state index contributed by atoms with van der Waals surface area (Å²) in [5.41, 5.74) is 16.0. The Morgan fingerprint density at radius 3 is 2.00 bits per heavy atom. The second kappa shape index (κ2) is 8.33. The predicted molar refractivity (Wildman–Crippen MR) is 102 cm³/mol. The van der Waals surface area contributed by atoms with Crippen molar-refractivity contribution in [2.45, 2.75) is 37.3 Å². The van der Waals surface area contributed by atoms with Crippen molar-refractivity contribution in [3.05, 3.63) is 59.7 Å². The third-order valence-corrected chi connectivity index (χ3v) is 5.01. The van der Waals surface area contributed by atoms with Gasteiger partial charge in [0.05, 0.1) is 0 Å². The molecule has 0 fully saturated rings. The Labute approximate surface area is 158 Å². The summed E-state index contributed by atoms with van der Waals surface area (Å²) in [4.78, 5) is 23.0. The topological polar surface area (TPSA) is 116 Å². The lowest BCUT2D eigenvalue weighted by atomic mass is 9.98. The summed E-state index contributed by atoms with van der Waals surface area (Å²) >= 11 is 0. The smallest absolute Gasteiger partial charge is 0.322 e. The van der Waals surface area contributed by atoms with Crippen LogP contribution in [0.15, 0.2) is 48.5 Å². The van der Waals surface area contributed by atoms with E-state index < -0.39 is 24.0 Å². The Hall–Kier alpha value is -2.70. The lowest BCUT2D eigenvalue weighted by Crippen LogP contribution is -2.34. The van der Waals surface area contributed by atoms with Gasteiger partial charge in [-0.05, 0) is 41.5 Å². The minimum atomic E-state index is -1.05. The van der Waals surface area contributed by atoms with Crippen LogP contribution in [0.25, 0.3) is 11.1 Å². The van der Waals surface area contributed by atoms with Gasteiger partial charge < -0.3 is 21.3 Å². The van der Waals surface area contributed by atoms with E-state index in [1.807, 2.05) is 24.3 Å². The number of benzene rings is 2. The summed E-state index contributed by atoms with van der Waals surface area (Å²) in [6, 6.07) is 14.5. The number of hydrogen-bond donors (Lipinski definition) is 3. The monoisotopic (exact) mass is 368 g/mol. The highest BCUT2D eigenvalue weighted by Gasteiger charge is 2.29. The number of fused-ring (bicyclic) bond motifs is 3. The molecular weight excluding hydrogens is 344 g/mol. The summed E-state index contributed by atoms with van der Waals surface area (Å²) in [5.74, 6) is -1.53. The quantitative estimate of drug-likeness (QED) is 0.616. The number of esters is 1. The molecule has 1 aliphatic rings. The maximum absolute atomic E-state index is 12.2. The molecule has 0 bridgehead atoms. The Morgan fingerprint density at radius 1 is 0.926 bits per heavy atom. The van der Waals surface area contributed by atoms with Gasteiger partial charge in [0.1, 0.15) is 18.7 Å². The maximum Gasteiger partial charge on any atom is 0.322 e. The molecular formula is C21H24N2O4. The normalized spacial score (nSPS) is 14.9. The Kier molecular flexibility index (Phi) is 5.88. The molecule has 5 N–H and O–H groups in total. The highest BCUT2D eigenvalue weighted by atomic mass is 16.5. The molecule has 0 saturated carbocycles. The number of carbonyl (C=O) groups is 2. The molecule has 6 heteroatoms. The Bertz CT molecular complexity index is 791. The third-order valence-electron chi connectivity index (χ3n) is 5.01. The van der Waals surface area contributed by atoms with Crippen LogP contribution in [0.2, 0.25) is 0 Å². The SMILES string of the molecule is NC(CCC[C@H](N)C(=O)O)C(=O)OCC1c2ccccc2-c2ccccc21. The number of carboxylic acid groups (broad SMARTS) is 1. The molecule has 0 heterocycles. The zero-order chi connectivity index (χ0) is 19.4. The van der Waals surface area contributed by atoms with E-state index in [2.05, 4.69) is 24.3 Å². The minimum Gasteiger partial charge on any atom is -0.480 e. The number of ether oxygens (including phenoxy) is 1. The Morgan fingerprint density at radius 2 is 1.44 bits per heavy atom. The van der Waals surface area contributed by atoms with E-state index in [9.17, 15) is 9.59 Å². The lowest BCUT2D eigenvalue weighted by molar-refractivity contribution is -0.145. The van der Waals surface area contributed by atoms with Gasteiger partial charge in [0.25, 0.3) is 0 Å². The molecule has 0 radical (unpaired) electrons. The second-order valence-corrected chi connectivity index (χ2v) is 6.84. The summed E-state index contributed by atoms with van der Waals surface area (Å²) in [6.07, 6.45) is 1.08. The first-order chi connectivity index (χ1) is 13.0. The number of rotatable bonds is 8. The van der Waals surface area contributed by atoms with Crippen LogP contribution >= 0.6 is 0 Å². The number of hydrogen-bond acceptors (Lipinski definition) is 5. The zero-order valence-corrected chi connectivity index (χ0v) is 15.0. The first-order valence-corrected chi connectivity index (χ1v) is 9.08. The molecule has 6 nitrogen and oxygen atoms in total. The van der Waals surface area contributed by atoms with Crippen LogP contribution < -0.4 is 11.5 Å². The highest BCUT2D eigenvalue weighted by Crippen LogP contribution is 2.44. The molecule has 1 unspecified atom stereocenters. The van der Waals surface area contributed by atoms with Crippen molar-refractivity contribution in [1.82, 2.24) is 0 Å². The standard InChI is InChI=1S/C21H24N2O4/c22-18(20(24)25)10-5-11-19(23)21(26)27-12-17-15-8-3-1-6-13(15)14-7-2-4-9-16(14)17/h1-4,6-9,17-19H,5,10-12,22-23H2,(H,24,25)/t18-,19?/m0/s1. The fourth-order valence-corrected chi connectivity index (χ4v) is 3.51. The third kappa shape index (κ3) is 4.18. The summed E-state index contributed by atoms with van der Waals surface area (Å²) in [5, 5.41) is 8.77. The van der Waals surface area contributed by atoms with Crippen LogP contribution in [-0.2, 0) is 14.3 Å². The molecule has 3 rings (SSSR count). The van der Waals surface area contributed by atoms with Gasteiger partial charge in [0.2, 0.25) is 0 Å². The van der Waals surface area contributed by atoms with Crippen LogP contribution in [0.4, 0.5) is 0 Å². The van der Waals surface area contributed by atoms with Gasteiger partial charge >= 0.3 is 11.9 Å². The molecule has 2 aromatic rings. The largest absolute Gasteiger partial charge is 0.480 e. The zero-order valence-electron chi connectivity index (χ0n) is 15.0. The van der Waals surface area contributed by atoms with Crippen molar-refractivity contribution in [1.29, 1.82) is 0 Å². The highest BCUT2D eigenvalue weighted by molar-refractivity contribution is 5.79. The first-order valence-electron chi connectivity index (χ1n) is 9.08. The fourth-order valence-electron chi connectivity index (χ4n) is 3.51. The van der Waals surface area contributed by atoms with E-state index in [-0.39, 0.29) is 18.9 Å². The van der Waals surface area contributed by atoms with Gasteiger partial charge in [-0.1, -0.05) is 48.5 Å². The molecule has 0 aromatic heterocycles. The van der Waals surface area contributed by atoms with E-state index in [1.54, 1.807) is 0 Å². The number of aliphatic carboxylic acids is 1. The van der Waals surface area contributed by atoms with Crippen molar-refractivity contribution in [3.63, 3.8) is 0 Å². The van der Waals surface area contributed by atoms with E-state index in [0.717, 1.165) is 11.1 Å². The van der Waals surface area contributed by atoms with Crippen molar-refractivity contribution in [3.8, 4) is 11.1 Å². The number of carbonyl (C=O) groups excluding carboxylic acids is 1. The van der Waals surface area contributed by atoms with Crippen LogP contribution in [0, 0.1) is 0 Å². The van der Waals surface area contributed by atoms with Gasteiger partial charge in [0, 0.05) is 5.92 Å². The van der Waals surface area contributed by atoms with Gasteiger partial charge in [0.15, 0.2) is 0 Å². The van der Waals surface area contributed by atoms with Crippen LogP contribution in [0.5, 0.6) is 0 Å². The van der Waals surface area contributed by atoms with Crippen LogP contribution in [0.1, 0.15) is 36.3 Å². The molecule has 142 valence electrons. The van der Waals surface area contributed by atoms with Crippen LogP contribution in [0.3, 0.4) is 0 Å². The first kappa shape index (κ1) is 19.1. The fraction of sp³-hybridized carbons (Fsp3) is 0.333. The molecule has 0 spiro atoms.